The number of rotatable bonds is 6. The number of benzene rings is 2. The Morgan fingerprint density at radius 3 is 2.43 bits per heavy atom. The Kier molecular flexibility index (Phi) is 5.99. The fourth-order valence-electron chi connectivity index (χ4n) is 2.82. The van der Waals surface area contributed by atoms with Gasteiger partial charge in [-0.05, 0) is 42.2 Å². The van der Waals surface area contributed by atoms with E-state index in [1.54, 1.807) is 18.3 Å². The Morgan fingerprint density at radius 1 is 1.11 bits per heavy atom. The molecule has 2 aromatic carbocycles. The molecule has 0 aliphatic carbocycles. The highest BCUT2D eigenvalue weighted by molar-refractivity contribution is 5.92. The zero-order chi connectivity index (χ0) is 20.1. The molecule has 0 saturated carbocycles. The third-order valence-electron chi connectivity index (χ3n) is 4.19. The first-order chi connectivity index (χ1) is 13.4. The van der Waals surface area contributed by atoms with Crippen LogP contribution in [0.4, 0.5) is 15.9 Å². The van der Waals surface area contributed by atoms with E-state index in [-0.39, 0.29) is 18.1 Å². The van der Waals surface area contributed by atoms with Gasteiger partial charge in [-0.3, -0.25) is 4.79 Å². The van der Waals surface area contributed by atoms with Crippen LogP contribution in [0, 0.1) is 11.7 Å². The van der Waals surface area contributed by atoms with Gasteiger partial charge in [-0.15, -0.1) is 0 Å². The van der Waals surface area contributed by atoms with Crippen LogP contribution in [0.3, 0.4) is 0 Å². The first kappa shape index (κ1) is 19.5. The zero-order valence-electron chi connectivity index (χ0n) is 15.9. The SMILES string of the molecule is CC(C)Cc1nc(-c2ccc(N)cc2)cnc1NC(=O)Cc1ccc(F)cc1. The summed E-state index contributed by atoms with van der Waals surface area (Å²) in [6.07, 6.45) is 2.47. The number of hydrogen-bond donors (Lipinski definition) is 2. The number of hydrogen-bond acceptors (Lipinski definition) is 4. The van der Waals surface area contributed by atoms with Crippen LogP contribution in [0.15, 0.2) is 54.7 Å². The average molecular weight is 378 g/mol. The molecular formula is C22H23FN4O. The van der Waals surface area contributed by atoms with E-state index in [1.165, 1.54) is 12.1 Å². The lowest BCUT2D eigenvalue weighted by Gasteiger charge is -2.13. The number of amides is 1. The van der Waals surface area contributed by atoms with Crippen molar-refractivity contribution in [3.63, 3.8) is 0 Å². The molecule has 0 saturated heterocycles. The van der Waals surface area contributed by atoms with E-state index in [9.17, 15) is 9.18 Å². The van der Waals surface area contributed by atoms with Gasteiger partial charge in [0.05, 0.1) is 24.0 Å². The number of aromatic nitrogens is 2. The van der Waals surface area contributed by atoms with Crippen molar-refractivity contribution in [1.82, 2.24) is 9.97 Å². The number of nitrogens with one attached hydrogen (secondary N) is 1. The van der Waals surface area contributed by atoms with Crippen LogP contribution in [0.25, 0.3) is 11.3 Å². The van der Waals surface area contributed by atoms with Crippen LogP contribution < -0.4 is 11.1 Å². The Morgan fingerprint density at radius 2 is 1.79 bits per heavy atom. The van der Waals surface area contributed by atoms with Gasteiger partial charge in [-0.25, -0.2) is 14.4 Å². The molecule has 1 amide bonds. The highest BCUT2D eigenvalue weighted by Crippen LogP contribution is 2.22. The normalized spacial score (nSPS) is 10.9. The Hall–Kier alpha value is -3.28. The molecule has 0 radical (unpaired) electrons. The van der Waals surface area contributed by atoms with E-state index in [0.29, 0.717) is 23.8 Å². The Balaban J connectivity index is 1.81. The Bertz CT molecular complexity index is 953. The van der Waals surface area contributed by atoms with Crippen molar-refractivity contribution in [3.05, 3.63) is 71.8 Å². The molecule has 0 spiro atoms. The van der Waals surface area contributed by atoms with Gasteiger partial charge in [0.1, 0.15) is 5.82 Å². The lowest BCUT2D eigenvalue weighted by atomic mass is 10.1. The summed E-state index contributed by atoms with van der Waals surface area (Å²) in [5, 5.41) is 2.84. The topological polar surface area (TPSA) is 80.9 Å². The zero-order valence-corrected chi connectivity index (χ0v) is 15.9. The summed E-state index contributed by atoms with van der Waals surface area (Å²) in [7, 11) is 0. The van der Waals surface area contributed by atoms with E-state index >= 15 is 0 Å². The minimum atomic E-state index is -0.326. The van der Waals surface area contributed by atoms with Crippen LogP contribution in [0.1, 0.15) is 25.1 Å². The molecule has 5 nitrogen and oxygen atoms in total. The summed E-state index contributed by atoms with van der Waals surface area (Å²) in [6, 6.07) is 13.3. The first-order valence-electron chi connectivity index (χ1n) is 9.17. The summed E-state index contributed by atoms with van der Waals surface area (Å²) in [5.74, 6) is 0.266. The molecule has 0 atom stereocenters. The number of nitrogens with two attached hydrogens (primary N) is 1. The summed E-state index contributed by atoms with van der Waals surface area (Å²) >= 11 is 0. The van der Waals surface area contributed by atoms with Crippen LogP contribution in [0.2, 0.25) is 0 Å². The third kappa shape index (κ3) is 5.13. The van der Waals surface area contributed by atoms with Crippen LogP contribution in [-0.2, 0) is 17.6 Å². The number of nitrogens with zero attached hydrogens (tertiary/aromatic N) is 2. The molecule has 3 rings (SSSR count). The fourth-order valence-corrected chi connectivity index (χ4v) is 2.82. The number of carbonyl (C=O) groups excluding carboxylic acids is 1. The van der Waals surface area contributed by atoms with Crippen molar-refractivity contribution >= 4 is 17.4 Å². The average Bonchev–Trinajstić information content (AvgIpc) is 2.65. The lowest BCUT2D eigenvalue weighted by Crippen LogP contribution is -2.18. The predicted octanol–water partition coefficient (Wildman–Crippen LogP) is 4.24. The summed E-state index contributed by atoms with van der Waals surface area (Å²) in [4.78, 5) is 21.6. The molecule has 1 aromatic heterocycles. The quantitative estimate of drug-likeness (QED) is 0.629. The van der Waals surface area contributed by atoms with Gasteiger partial charge < -0.3 is 11.1 Å². The first-order valence-corrected chi connectivity index (χ1v) is 9.17. The number of carbonyl (C=O) groups is 1. The third-order valence-corrected chi connectivity index (χ3v) is 4.19. The van der Waals surface area contributed by atoms with Gasteiger partial charge in [0, 0.05) is 11.3 Å². The van der Waals surface area contributed by atoms with E-state index in [0.717, 1.165) is 22.5 Å². The standard InChI is InChI=1S/C22H23FN4O/c1-14(2)11-19-22(27-21(28)12-15-3-7-17(23)8-4-15)25-13-20(26-19)16-5-9-18(24)10-6-16/h3-10,13-14H,11-12,24H2,1-2H3,(H,25,27,28). The van der Waals surface area contributed by atoms with Crippen LogP contribution >= 0.6 is 0 Å². The predicted molar refractivity (Wildman–Crippen MR) is 109 cm³/mol. The van der Waals surface area contributed by atoms with Gasteiger partial charge >= 0.3 is 0 Å². The molecule has 0 bridgehead atoms. The van der Waals surface area contributed by atoms with E-state index in [4.69, 9.17) is 10.7 Å². The number of nitrogen functional groups attached to an aromatic ring is 1. The highest BCUT2D eigenvalue weighted by atomic mass is 19.1. The summed E-state index contributed by atoms with van der Waals surface area (Å²) in [6.45, 7) is 4.17. The summed E-state index contributed by atoms with van der Waals surface area (Å²) < 4.78 is 13.0. The van der Waals surface area contributed by atoms with Gasteiger partial charge in [-0.1, -0.05) is 38.1 Å². The van der Waals surface area contributed by atoms with Gasteiger partial charge in [0.2, 0.25) is 5.91 Å². The highest BCUT2D eigenvalue weighted by Gasteiger charge is 2.14. The maximum Gasteiger partial charge on any atom is 0.229 e. The van der Waals surface area contributed by atoms with E-state index < -0.39 is 0 Å². The number of anilines is 2. The maximum absolute atomic E-state index is 13.0. The second-order valence-corrected chi connectivity index (χ2v) is 7.12. The molecular weight excluding hydrogens is 355 g/mol. The molecule has 3 N–H and O–H groups in total. The van der Waals surface area contributed by atoms with Gasteiger partial charge in [0.15, 0.2) is 5.82 Å². The molecule has 0 unspecified atom stereocenters. The van der Waals surface area contributed by atoms with E-state index in [2.05, 4.69) is 24.1 Å². The molecule has 144 valence electrons. The lowest BCUT2D eigenvalue weighted by molar-refractivity contribution is -0.115. The smallest absolute Gasteiger partial charge is 0.229 e. The second-order valence-electron chi connectivity index (χ2n) is 7.12. The van der Waals surface area contributed by atoms with Crippen LogP contribution in [0.5, 0.6) is 0 Å². The monoisotopic (exact) mass is 378 g/mol. The molecule has 1 heterocycles. The van der Waals surface area contributed by atoms with Crippen molar-refractivity contribution in [3.8, 4) is 11.3 Å². The van der Waals surface area contributed by atoms with Crippen molar-refractivity contribution in [2.75, 3.05) is 11.1 Å². The minimum absolute atomic E-state index is 0.142. The van der Waals surface area contributed by atoms with Crippen LogP contribution in [-0.4, -0.2) is 15.9 Å². The van der Waals surface area contributed by atoms with Crippen molar-refractivity contribution in [2.45, 2.75) is 26.7 Å². The van der Waals surface area contributed by atoms with Gasteiger partial charge in [0.25, 0.3) is 0 Å². The van der Waals surface area contributed by atoms with Crippen molar-refractivity contribution in [2.24, 2.45) is 5.92 Å². The second kappa shape index (κ2) is 8.61. The van der Waals surface area contributed by atoms with Gasteiger partial charge in [-0.2, -0.15) is 0 Å². The van der Waals surface area contributed by atoms with Crippen molar-refractivity contribution < 1.29 is 9.18 Å². The molecule has 0 fully saturated rings. The summed E-state index contributed by atoms with van der Waals surface area (Å²) in [5.41, 5.74) is 9.54. The molecule has 28 heavy (non-hydrogen) atoms. The molecule has 6 heteroatoms. The molecule has 0 aliphatic heterocycles. The number of halogens is 1. The largest absolute Gasteiger partial charge is 0.399 e. The van der Waals surface area contributed by atoms with Crippen molar-refractivity contribution in [1.29, 1.82) is 0 Å². The molecule has 3 aromatic rings. The Labute approximate surface area is 163 Å². The minimum Gasteiger partial charge on any atom is -0.399 e. The maximum atomic E-state index is 13.0. The fraction of sp³-hybridized carbons (Fsp3) is 0.227. The van der Waals surface area contributed by atoms with E-state index in [1.807, 2.05) is 24.3 Å². The molecule has 0 aliphatic rings.